The summed E-state index contributed by atoms with van der Waals surface area (Å²) in [4.78, 5) is 0. The molecule has 1 N–H and O–H groups in total. The van der Waals surface area contributed by atoms with Crippen LogP contribution in [0.4, 0.5) is 0 Å². The standard InChI is InChI=1S/C8H9BrO3S/c9-8-3-1-2-7(6-8)4-5-13(10,11)12/h1-3,6H,4-5H2,(H,10,11,12). The number of halogens is 1. The number of hydrogen-bond donors (Lipinski definition) is 1. The van der Waals surface area contributed by atoms with E-state index in [2.05, 4.69) is 15.9 Å². The molecule has 0 bridgehead atoms. The van der Waals surface area contributed by atoms with Crippen molar-refractivity contribution in [3.8, 4) is 0 Å². The van der Waals surface area contributed by atoms with E-state index in [1.807, 2.05) is 24.3 Å². The van der Waals surface area contributed by atoms with E-state index in [9.17, 15) is 8.42 Å². The molecule has 0 radical (unpaired) electrons. The Hall–Kier alpha value is -0.390. The fraction of sp³-hybridized carbons (Fsp3) is 0.250. The van der Waals surface area contributed by atoms with Crippen LogP contribution >= 0.6 is 15.9 Å². The molecule has 0 aliphatic heterocycles. The summed E-state index contributed by atoms with van der Waals surface area (Å²) < 4.78 is 30.3. The molecule has 0 aliphatic carbocycles. The molecule has 13 heavy (non-hydrogen) atoms. The van der Waals surface area contributed by atoms with E-state index >= 15 is 0 Å². The molecular formula is C8H9BrO3S. The van der Waals surface area contributed by atoms with Crippen molar-refractivity contribution in [3.05, 3.63) is 34.3 Å². The van der Waals surface area contributed by atoms with Gasteiger partial charge in [-0.3, -0.25) is 4.55 Å². The van der Waals surface area contributed by atoms with Crippen molar-refractivity contribution >= 4 is 26.0 Å². The number of hydrogen-bond acceptors (Lipinski definition) is 2. The van der Waals surface area contributed by atoms with E-state index in [1.165, 1.54) is 0 Å². The lowest BCUT2D eigenvalue weighted by Crippen LogP contribution is -2.06. The summed E-state index contributed by atoms with van der Waals surface area (Å²) in [5.41, 5.74) is 0.881. The van der Waals surface area contributed by atoms with Gasteiger partial charge in [0, 0.05) is 4.47 Å². The van der Waals surface area contributed by atoms with Gasteiger partial charge < -0.3 is 0 Å². The molecule has 72 valence electrons. The predicted octanol–water partition coefficient (Wildman–Crippen LogP) is 1.88. The molecule has 3 nitrogen and oxygen atoms in total. The molecule has 0 fully saturated rings. The van der Waals surface area contributed by atoms with Gasteiger partial charge in [-0.2, -0.15) is 8.42 Å². The summed E-state index contributed by atoms with van der Waals surface area (Å²) in [6.07, 6.45) is 0.332. The van der Waals surface area contributed by atoms with Crippen molar-refractivity contribution in [2.75, 3.05) is 5.75 Å². The van der Waals surface area contributed by atoms with Crippen molar-refractivity contribution in [3.63, 3.8) is 0 Å². The first-order valence-electron chi connectivity index (χ1n) is 3.67. The maximum absolute atomic E-state index is 10.4. The molecule has 1 aromatic carbocycles. The van der Waals surface area contributed by atoms with Crippen LogP contribution in [0.3, 0.4) is 0 Å². The zero-order valence-corrected chi connectivity index (χ0v) is 9.18. The van der Waals surface area contributed by atoms with E-state index in [1.54, 1.807) is 0 Å². The van der Waals surface area contributed by atoms with Crippen LogP contribution in [0.15, 0.2) is 28.7 Å². The lowest BCUT2D eigenvalue weighted by molar-refractivity contribution is 0.482. The van der Waals surface area contributed by atoms with Gasteiger partial charge in [-0.25, -0.2) is 0 Å². The molecule has 0 aliphatic rings. The third kappa shape index (κ3) is 4.40. The van der Waals surface area contributed by atoms with Gasteiger partial charge in [0.1, 0.15) is 0 Å². The first-order chi connectivity index (χ1) is 5.97. The largest absolute Gasteiger partial charge is 0.286 e. The van der Waals surface area contributed by atoms with Crippen LogP contribution < -0.4 is 0 Å². The molecule has 0 saturated carbocycles. The molecule has 1 aromatic rings. The minimum absolute atomic E-state index is 0.233. The van der Waals surface area contributed by atoms with Gasteiger partial charge in [0.2, 0.25) is 0 Å². The van der Waals surface area contributed by atoms with Crippen molar-refractivity contribution in [1.29, 1.82) is 0 Å². The van der Waals surface area contributed by atoms with Crippen molar-refractivity contribution in [2.24, 2.45) is 0 Å². The molecule has 0 unspecified atom stereocenters. The highest BCUT2D eigenvalue weighted by Gasteiger charge is 2.04. The second-order valence-electron chi connectivity index (χ2n) is 2.67. The lowest BCUT2D eigenvalue weighted by Gasteiger charge is -1.99. The van der Waals surface area contributed by atoms with Crippen LogP contribution in [0, 0.1) is 0 Å². The Morgan fingerprint density at radius 3 is 2.62 bits per heavy atom. The second-order valence-corrected chi connectivity index (χ2v) is 5.15. The van der Waals surface area contributed by atoms with Gasteiger partial charge in [0.05, 0.1) is 5.75 Å². The normalized spacial score (nSPS) is 11.5. The van der Waals surface area contributed by atoms with Crippen LogP contribution in [0.5, 0.6) is 0 Å². The molecular weight excluding hydrogens is 256 g/mol. The zero-order chi connectivity index (χ0) is 9.90. The van der Waals surface area contributed by atoms with Gasteiger partial charge in [0.25, 0.3) is 10.1 Å². The highest BCUT2D eigenvalue weighted by atomic mass is 79.9. The summed E-state index contributed by atoms with van der Waals surface area (Å²) in [7, 11) is -3.85. The zero-order valence-electron chi connectivity index (χ0n) is 6.77. The average Bonchev–Trinajstić information content (AvgIpc) is 2.00. The van der Waals surface area contributed by atoms with Crippen LogP contribution in [0.1, 0.15) is 5.56 Å². The summed E-state index contributed by atoms with van der Waals surface area (Å²) in [5, 5.41) is 0. The maximum atomic E-state index is 10.4. The minimum Gasteiger partial charge on any atom is -0.286 e. The average molecular weight is 265 g/mol. The van der Waals surface area contributed by atoms with E-state index in [4.69, 9.17) is 4.55 Å². The van der Waals surface area contributed by atoms with Gasteiger partial charge >= 0.3 is 0 Å². The highest BCUT2D eigenvalue weighted by molar-refractivity contribution is 9.10. The summed E-state index contributed by atoms with van der Waals surface area (Å²) in [6, 6.07) is 7.32. The fourth-order valence-corrected chi connectivity index (χ4v) is 1.88. The molecule has 0 amide bonds. The SMILES string of the molecule is O=S(=O)(O)CCc1cccc(Br)c1. The Morgan fingerprint density at radius 2 is 2.08 bits per heavy atom. The fourth-order valence-electron chi connectivity index (χ4n) is 0.939. The molecule has 0 saturated heterocycles. The van der Waals surface area contributed by atoms with Gasteiger partial charge in [-0.15, -0.1) is 0 Å². The van der Waals surface area contributed by atoms with Gasteiger partial charge in [-0.1, -0.05) is 28.1 Å². The Bertz CT molecular complexity index is 386. The van der Waals surface area contributed by atoms with E-state index in [0.717, 1.165) is 10.0 Å². The van der Waals surface area contributed by atoms with Crippen LogP contribution in [0.2, 0.25) is 0 Å². The smallest absolute Gasteiger partial charge is 0.265 e. The Labute approximate surface area is 85.7 Å². The van der Waals surface area contributed by atoms with Crippen molar-refractivity contribution in [1.82, 2.24) is 0 Å². The highest BCUT2D eigenvalue weighted by Crippen LogP contribution is 2.12. The molecule has 1 rings (SSSR count). The van der Waals surface area contributed by atoms with Crippen LogP contribution in [-0.2, 0) is 16.5 Å². The van der Waals surface area contributed by atoms with Crippen LogP contribution in [0.25, 0.3) is 0 Å². The summed E-state index contributed by atoms with van der Waals surface area (Å²) >= 11 is 3.27. The maximum Gasteiger partial charge on any atom is 0.265 e. The Kier molecular flexibility index (Phi) is 3.47. The van der Waals surface area contributed by atoms with Crippen molar-refractivity contribution in [2.45, 2.75) is 6.42 Å². The number of benzene rings is 1. The third-order valence-corrected chi connectivity index (χ3v) is 2.75. The first kappa shape index (κ1) is 10.7. The Balaban J connectivity index is 2.65. The van der Waals surface area contributed by atoms with E-state index in [-0.39, 0.29) is 5.75 Å². The number of rotatable bonds is 3. The first-order valence-corrected chi connectivity index (χ1v) is 6.07. The molecule has 0 atom stereocenters. The predicted molar refractivity (Wildman–Crippen MR) is 54.3 cm³/mol. The molecule has 0 heterocycles. The minimum atomic E-state index is -3.85. The van der Waals surface area contributed by atoms with Crippen LogP contribution in [-0.4, -0.2) is 18.7 Å². The topological polar surface area (TPSA) is 54.4 Å². The molecule has 0 aromatic heterocycles. The summed E-state index contributed by atoms with van der Waals surface area (Å²) in [6.45, 7) is 0. The van der Waals surface area contributed by atoms with E-state index in [0.29, 0.717) is 6.42 Å². The lowest BCUT2D eigenvalue weighted by atomic mass is 10.2. The quantitative estimate of drug-likeness (QED) is 0.849. The second kappa shape index (κ2) is 4.21. The van der Waals surface area contributed by atoms with Gasteiger partial charge in [0.15, 0.2) is 0 Å². The number of aryl methyl sites for hydroxylation is 1. The molecule has 5 heteroatoms. The van der Waals surface area contributed by atoms with Crippen molar-refractivity contribution < 1.29 is 13.0 Å². The summed E-state index contributed by atoms with van der Waals surface area (Å²) in [5.74, 6) is -0.233. The third-order valence-electron chi connectivity index (χ3n) is 1.54. The monoisotopic (exact) mass is 264 g/mol. The van der Waals surface area contributed by atoms with Gasteiger partial charge in [-0.05, 0) is 24.1 Å². The Morgan fingerprint density at radius 1 is 1.38 bits per heavy atom. The van der Waals surface area contributed by atoms with E-state index < -0.39 is 10.1 Å². The molecule has 0 spiro atoms.